The van der Waals surface area contributed by atoms with Gasteiger partial charge in [0.15, 0.2) is 0 Å². The molecule has 0 aromatic carbocycles. The third-order valence-corrected chi connectivity index (χ3v) is 2.46. The molecule has 0 aromatic heterocycles. The van der Waals surface area contributed by atoms with Crippen molar-refractivity contribution in [2.24, 2.45) is 0 Å². The Kier molecular flexibility index (Phi) is 5.81. The van der Waals surface area contributed by atoms with Crippen molar-refractivity contribution in [1.29, 1.82) is 0 Å². The monoisotopic (exact) mass is 228 g/mol. The molecule has 0 aliphatic carbocycles. The van der Waals surface area contributed by atoms with Crippen molar-refractivity contribution in [2.75, 3.05) is 39.3 Å². The molecular weight excluding hydrogens is 210 g/mol. The summed E-state index contributed by atoms with van der Waals surface area (Å²) in [5.74, 6) is -0.206. The zero-order valence-electron chi connectivity index (χ0n) is 9.49. The normalized spacial score (nSPS) is 21.4. The summed E-state index contributed by atoms with van der Waals surface area (Å²) in [4.78, 5) is 23.6. The highest BCUT2D eigenvalue weighted by molar-refractivity contribution is 5.76. The molecule has 1 rings (SSSR count). The lowest BCUT2D eigenvalue weighted by Crippen LogP contribution is -2.55. The van der Waals surface area contributed by atoms with Crippen LogP contribution in [0.4, 0.5) is 0 Å². The van der Waals surface area contributed by atoms with Gasteiger partial charge in [-0.15, -0.1) is 0 Å². The van der Waals surface area contributed by atoms with Crippen LogP contribution in [0.25, 0.3) is 0 Å². The zero-order chi connectivity index (χ0) is 11.8. The average molecular weight is 228 g/mol. The lowest BCUT2D eigenvalue weighted by molar-refractivity contribution is -0.146. The highest BCUT2D eigenvalue weighted by atomic mass is 16.5. The number of carbonyl (C=O) groups is 1. The standard InChI is InChI=1S/C10H18N3O3/c1-2-16-10(15)9-7-13(6-4-12-9)5-3-11-8-14/h9,12H,2-7H2,1H3,(H,11,14). The van der Waals surface area contributed by atoms with Crippen LogP contribution in [-0.2, 0) is 14.3 Å². The van der Waals surface area contributed by atoms with Crippen molar-refractivity contribution >= 4 is 12.4 Å². The summed E-state index contributed by atoms with van der Waals surface area (Å²) in [6, 6.07) is -0.256. The SMILES string of the molecule is CCOC(=O)C1CN(CCN[C]=O)CCN1. The first-order chi connectivity index (χ1) is 7.77. The highest BCUT2D eigenvalue weighted by Gasteiger charge is 2.25. The Bertz CT molecular complexity index is 235. The maximum absolute atomic E-state index is 11.5. The summed E-state index contributed by atoms with van der Waals surface area (Å²) >= 11 is 0. The van der Waals surface area contributed by atoms with Crippen LogP contribution in [0.15, 0.2) is 0 Å². The van der Waals surface area contributed by atoms with Gasteiger partial charge in [0.05, 0.1) is 6.61 Å². The van der Waals surface area contributed by atoms with Gasteiger partial charge in [0.1, 0.15) is 6.04 Å². The van der Waals surface area contributed by atoms with Crippen molar-refractivity contribution in [2.45, 2.75) is 13.0 Å². The van der Waals surface area contributed by atoms with Crippen LogP contribution in [0.3, 0.4) is 0 Å². The number of rotatable bonds is 6. The molecular formula is C10H18N3O3. The van der Waals surface area contributed by atoms with E-state index in [1.807, 2.05) is 0 Å². The van der Waals surface area contributed by atoms with Crippen LogP contribution in [0.1, 0.15) is 6.92 Å². The molecule has 1 amide bonds. The maximum Gasteiger partial charge on any atom is 0.324 e. The number of esters is 1. The smallest absolute Gasteiger partial charge is 0.324 e. The Hall–Kier alpha value is -1.14. The summed E-state index contributed by atoms with van der Waals surface area (Å²) in [7, 11) is 0. The fourth-order valence-electron chi connectivity index (χ4n) is 1.68. The Morgan fingerprint density at radius 1 is 1.69 bits per heavy atom. The van der Waals surface area contributed by atoms with Gasteiger partial charge in [-0.05, 0) is 6.92 Å². The van der Waals surface area contributed by atoms with Gasteiger partial charge in [0.2, 0.25) is 0 Å². The van der Waals surface area contributed by atoms with Gasteiger partial charge in [0.25, 0.3) is 0 Å². The molecule has 1 unspecified atom stereocenters. The number of hydrogen-bond donors (Lipinski definition) is 2. The van der Waals surface area contributed by atoms with Gasteiger partial charge < -0.3 is 15.4 Å². The van der Waals surface area contributed by atoms with Gasteiger partial charge in [-0.25, -0.2) is 0 Å². The second kappa shape index (κ2) is 7.19. The summed E-state index contributed by atoms with van der Waals surface area (Å²) < 4.78 is 4.95. The van der Waals surface area contributed by atoms with E-state index in [0.29, 0.717) is 19.7 Å². The van der Waals surface area contributed by atoms with E-state index in [2.05, 4.69) is 15.5 Å². The molecule has 0 aromatic rings. The van der Waals surface area contributed by atoms with Crippen molar-refractivity contribution < 1.29 is 14.3 Å². The molecule has 1 aliphatic rings. The number of ether oxygens (including phenoxy) is 1. The van der Waals surface area contributed by atoms with Crippen molar-refractivity contribution in [3.8, 4) is 0 Å². The van der Waals surface area contributed by atoms with E-state index >= 15 is 0 Å². The first-order valence-electron chi connectivity index (χ1n) is 5.50. The maximum atomic E-state index is 11.5. The van der Waals surface area contributed by atoms with E-state index in [0.717, 1.165) is 19.6 Å². The molecule has 0 saturated carbocycles. The highest BCUT2D eigenvalue weighted by Crippen LogP contribution is 2.00. The zero-order valence-corrected chi connectivity index (χ0v) is 9.49. The van der Waals surface area contributed by atoms with Crippen molar-refractivity contribution in [3.05, 3.63) is 0 Å². The van der Waals surface area contributed by atoms with E-state index in [1.165, 1.54) is 0 Å². The van der Waals surface area contributed by atoms with Crippen LogP contribution < -0.4 is 10.6 Å². The predicted octanol–water partition coefficient (Wildman–Crippen LogP) is -1.52. The molecule has 1 saturated heterocycles. The van der Waals surface area contributed by atoms with Gasteiger partial charge >= 0.3 is 12.4 Å². The Morgan fingerprint density at radius 2 is 2.50 bits per heavy atom. The fraction of sp³-hybridized carbons (Fsp3) is 0.800. The molecule has 0 bridgehead atoms. The molecule has 1 heterocycles. The predicted molar refractivity (Wildman–Crippen MR) is 58.6 cm³/mol. The molecule has 1 fully saturated rings. The van der Waals surface area contributed by atoms with E-state index in [9.17, 15) is 9.59 Å². The molecule has 1 atom stereocenters. The summed E-state index contributed by atoms with van der Waals surface area (Å²) in [6.07, 6.45) is 1.63. The number of amides is 1. The average Bonchev–Trinajstić information content (AvgIpc) is 2.30. The van der Waals surface area contributed by atoms with E-state index < -0.39 is 0 Å². The molecule has 1 aliphatic heterocycles. The number of nitrogens with zero attached hydrogens (tertiary/aromatic N) is 1. The van der Waals surface area contributed by atoms with Crippen LogP contribution in [0.2, 0.25) is 0 Å². The first kappa shape index (κ1) is 12.9. The Balaban J connectivity index is 2.29. The number of hydrogen-bond acceptors (Lipinski definition) is 5. The molecule has 16 heavy (non-hydrogen) atoms. The summed E-state index contributed by atoms with van der Waals surface area (Å²) in [5, 5.41) is 5.59. The Morgan fingerprint density at radius 3 is 3.19 bits per heavy atom. The van der Waals surface area contributed by atoms with Gasteiger partial charge in [-0.2, -0.15) is 0 Å². The molecule has 6 nitrogen and oxygen atoms in total. The van der Waals surface area contributed by atoms with Crippen molar-refractivity contribution in [3.63, 3.8) is 0 Å². The molecule has 2 N–H and O–H groups in total. The van der Waals surface area contributed by atoms with Crippen LogP contribution in [0.5, 0.6) is 0 Å². The van der Waals surface area contributed by atoms with E-state index in [4.69, 9.17) is 4.74 Å². The molecule has 1 radical (unpaired) electrons. The second-order valence-corrected chi connectivity index (χ2v) is 3.59. The summed E-state index contributed by atoms with van der Waals surface area (Å²) in [6.45, 7) is 5.73. The third kappa shape index (κ3) is 4.16. The van der Waals surface area contributed by atoms with Crippen LogP contribution in [-0.4, -0.2) is 62.7 Å². The van der Waals surface area contributed by atoms with Crippen LogP contribution in [0, 0.1) is 0 Å². The lowest BCUT2D eigenvalue weighted by atomic mass is 10.2. The van der Waals surface area contributed by atoms with Gasteiger partial charge in [0, 0.05) is 32.7 Å². The third-order valence-electron chi connectivity index (χ3n) is 2.46. The molecule has 91 valence electrons. The fourth-order valence-corrected chi connectivity index (χ4v) is 1.68. The Labute approximate surface area is 95.3 Å². The van der Waals surface area contributed by atoms with Crippen LogP contribution >= 0.6 is 0 Å². The largest absolute Gasteiger partial charge is 0.465 e. The van der Waals surface area contributed by atoms with Crippen molar-refractivity contribution in [1.82, 2.24) is 15.5 Å². The number of nitrogens with one attached hydrogen (secondary N) is 2. The van der Waals surface area contributed by atoms with Gasteiger partial charge in [-0.1, -0.05) is 0 Å². The van der Waals surface area contributed by atoms with Gasteiger partial charge in [-0.3, -0.25) is 14.5 Å². The molecule has 6 heteroatoms. The number of carbonyl (C=O) groups excluding carboxylic acids is 2. The first-order valence-corrected chi connectivity index (χ1v) is 5.50. The topological polar surface area (TPSA) is 70.7 Å². The van der Waals surface area contributed by atoms with E-state index in [1.54, 1.807) is 13.3 Å². The minimum Gasteiger partial charge on any atom is -0.465 e. The second-order valence-electron chi connectivity index (χ2n) is 3.59. The lowest BCUT2D eigenvalue weighted by Gasteiger charge is -2.32. The minimum absolute atomic E-state index is 0.206. The van der Waals surface area contributed by atoms with E-state index in [-0.39, 0.29) is 12.0 Å². The summed E-state index contributed by atoms with van der Waals surface area (Å²) in [5.41, 5.74) is 0. The quantitative estimate of drug-likeness (QED) is 0.328. The minimum atomic E-state index is -0.256. The number of piperazine rings is 1. The molecule has 0 spiro atoms.